The lowest BCUT2D eigenvalue weighted by atomic mass is 9.65. The second-order valence-electron chi connectivity index (χ2n) is 8.57. The molecule has 1 unspecified atom stereocenters. The van der Waals surface area contributed by atoms with Crippen LogP contribution in [0.15, 0.2) is 24.3 Å². The standard InChI is InChI=1S/C24H25Cl2NO5/c1-12(2)21(28)24(4)9-5-6-15-18(8-7-13(3)19(15)24)32-20-16(25)10-14(11-17(20)26)27-22(29)23(30)31/h7-8,10-12H,5-6,9H2,1-4H3,(H,27,29)(H,30,31). The SMILES string of the molecule is Cc1ccc(Oc2c(Cl)cc(NC(=O)C(=O)O)cc2Cl)c2c1C(C)(C(=O)C(C)C)CCC2. The van der Waals surface area contributed by atoms with Gasteiger partial charge in [-0.2, -0.15) is 0 Å². The molecule has 0 heterocycles. The number of amides is 1. The minimum Gasteiger partial charge on any atom is -0.474 e. The van der Waals surface area contributed by atoms with Crippen LogP contribution in [0.25, 0.3) is 0 Å². The van der Waals surface area contributed by atoms with Gasteiger partial charge >= 0.3 is 11.9 Å². The number of hydrogen-bond donors (Lipinski definition) is 2. The molecule has 0 aliphatic heterocycles. The topological polar surface area (TPSA) is 92.7 Å². The molecule has 6 nitrogen and oxygen atoms in total. The number of Topliss-reactive ketones (excluding diaryl/α,β-unsaturated/α-hetero) is 1. The Kier molecular flexibility index (Phi) is 6.86. The van der Waals surface area contributed by atoms with Gasteiger partial charge in [0.15, 0.2) is 5.75 Å². The summed E-state index contributed by atoms with van der Waals surface area (Å²) in [6.07, 6.45) is 2.39. The summed E-state index contributed by atoms with van der Waals surface area (Å²) >= 11 is 12.7. The van der Waals surface area contributed by atoms with Crippen molar-refractivity contribution in [2.24, 2.45) is 5.92 Å². The number of rotatable bonds is 5. The summed E-state index contributed by atoms with van der Waals surface area (Å²) in [7, 11) is 0. The first kappa shape index (κ1) is 24.1. The van der Waals surface area contributed by atoms with Gasteiger partial charge in [-0.05, 0) is 68.0 Å². The second kappa shape index (κ2) is 9.12. The maximum absolute atomic E-state index is 13.1. The molecule has 0 spiro atoms. The summed E-state index contributed by atoms with van der Waals surface area (Å²) in [5.74, 6) is -1.95. The van der Waals surface area contributed by atoms with Gasteiger partial charge in [0, 0.05) is 11.6 Å². The van der Waals surface area contributed by atoms with Gasteiger partial charge in [0.1, 0.15) is 11.5 Å². The second-order valence-corrected chi connectivity index (χ2v) is 9.38. The average Bonchev–Trinajstić information content (AvgIpc) is 2.71. The molecule has 1 aliphatic carbocycles. The van der Waals surface area contributed by atoms with Crippen molar-refractivity contribution in [3.8, 4) is 11.5 Å². The Hall–Kier alpha value is -2.57. The number of fused-ring (bicyclic) bond motifs is 1. The molecular formula is C24H25Cl2NO5. The highest BCUT2D eigenvalue weighted by Crippen LogP contribution is 2.47. The van der Waals surface area contributed by atoms with Crippen LogP contribution >= 0.6 is 23.2 Å². The number of carbonyl (C=O) groups excluding carboxylic acids is 2. The van der Waals surface area contributed by atoms with Crippen molar-refractivity contribution in [3.63, 3.8) is 0 Å². The first-order valence-corrected chi connectivity index (χ1v) is 11.1. The number of aliphatic carboxylic acids is 1. The highest BCUT2D eigenvalue weighted by Gasteiger charge is 2.41. The Labute approximate surface area is 196 Å². The van der Waals surface area contributed by atoms with Gasteiger partial charge in [0.2, 0.25) is 0 Å². The van der Waals surface area contributed by atoms with Gasteiger partial charge in [-0.15, -0.1) is 0 Å². The maximum Gasteiger partial charge on any atom is 0.394 e. The van der Waals surface area contributed by atoms with E-state index < -0.39 is 17.3 Å². The summed E-state index contributed by atoms with van der Waals surface area (Å²) < 4.78 is 6.13. The lowest BCUT2D eigenvalue weighted by Gasteiger charge is -2.38. The van der Waals surface area contributed by atoms with E-state index >= 15 is 0 Å². The van der Waals surface area contributed by atoms with E-state index in [1.165, 1.54) is 12.1 Å². The van der Waals surface area contributed by atoms with Crippen molar-refractivity contribution in [1.29, 1.82) is 0 Å². The monoisotopic (exact) mass is 477 g/mol. The van der Waals surface area contributed by atoms with E-state index in [-0.39, 0.29) is 33.2 Å². The fourth-order valence-electron chi connectivity index (χ4n) is 4.51. The molecule has 0 bridgehead atoms. The summed E-state index contributed by atoms with van der Waals surface area (Å²) in [5.41, 5.74) is 2.54. The van der Waals surface area contributed by atoms with Crippen LogP contribution in [0.4, 0.5) is 5.69 Å². The van der Waals surface area contributed by atoms with Crippen LogP contribution in [0.3, 0.4) is 0 Å². The third-order valence-electron chi connectivity index (χ3n) is 5.86. The quantitative estimate of drug-likeness (QED) is 0.519. The summed E-state index contributed by atoms with van der Waals surface area (Å²) in [6.45, 7) is 7.84. The molecule has 2 aromatic carbocycles. The molecule has 2 aromatic rings. The third-order valence-corrected chi connectivity index (χ3v) is 6.43. The molecule has 3 rings (SSSR count). The number of nitrogens with one attached hydrogen (secondary N) is 1. The van der Waals surface area contributed by atoms with Crippen LogP contribution in [-0.2, 0) is 26.2 Å². The molecule has 0 radical (unpaired) electrons. The molecule has 32 heavy (non-hydrogen) atoms. The summed E-state index contributed by atoms with van der Waals surface area (Å²) in [6, 6.07) is 6.51. The Morgan fingerprint density at radius 1 is 1.16 bits per heavy atom. The van der Waals surface area contributed by atoms with Crippen LogP contribution in [0.2, 0.25) is 10.0 Å². The van der Waals surface area contributed by atoms with Gasteiger partial charge in [0.25, 0.3) is 0 Å². The molecule has 2 N–H and O–H groups in total. The number of aryl methyl sites for hydroxylation is 1. The van der Waals surface area contributed by atoms with Crippen molar-refractivity contribution < 1.29 is 24.2 Å². The highest BCUT2D eigenvalue weighted by molar-refractivity contribution is 6.39. The average molecular weight is 478 g/mol. The van der Waals surface area contributed by atoms with E-state index in [1.54, 1.807) is 0 Å². The van der Waals surface area contributed by atoms with Crippen LogP contribution in [0.1, 0.15) is 50.3 Å². The van der Waals surface area contributed by atoms with Crippen molar-refractivity contribution in [3.05, 3.63) is 51.0 Å². The zero-order valence-electron chi connectivity index (χ0n) is 18.3. The van der Waals surface area contributed by atoms with Crippen LogP contribution in [0, 0.1) is 12.8 Å². The van der Waals surface area contributed by atoms with Gasteiger partial charge in [-0.1, -0.05) is 43.1 Å². The smallest absolute Gasteiger partial charge is 0.394 e. The number of halogens is 2. The molecule has 0 aromatic heterocycles. The van der Waals surface area contributed by atoms with E-state index in [2.05, 4.69) is 5.32 Å². The van der Waals surface area contributed by atoms with E-state index in [9.17, 15) is 14.4 Å². The normalized spacial score (nSPS) is 17.6. The number of ketones is 1. The zero-order chi connectivity index (χ0) is 23.8. The molecule has 1 aliphatic rings. The minimum absolute atomic E-state index is 0.0904. The predicted molar refractivity (Wildman–Crippen MR) is 124 cm³/mol. The van der Waals surface area contributed by atoms with Crippen molar-refractivity contribution in [2.75, 3.05) is 5.32 Å². The van der Waals surface area contributed by atoms with Gasteiger partial charge in [-0.3, -0.25) is 9.59 Å². The third kappa shape index (κ3) is 4.48. The van der Waals surface area contributed by atoms with Gasteiger partial charge in [0.05, 0.1) is 15.5 Å². The number of carboxylic acid groups (broad SMARTS) is 1. The van der Waals surface area contributed by atoms with Gasteiger partial charge in [-0.25, -0.2) is 4.79 Å². The van der Waals surface area contributed by atoms with Crippen LogP contribution in [-0.4, -0.2) is 22.8 Å². The Bertz CT molecular complexity index is 1090. The molecule has 1 amide bonds. The number of hydrogen-bond acceptors (Lipinski definition) is 4. The largest absolute Gasteiger partial charge is 0.474 e. The van der Waals surface area contributed by atoms with E-state index in [4.69, 9.17) is 33.0 Å². The van der Waals surface area contributed by atoms with E-state index in [1.807, 2.05) is 39.8 Å². The van der Waals surface area contributed by atoms with Gasteiger partial charge < -0.3 is 15.2 Å². The first-order valence-electron chi connectivity index (χ1n) is 10.3. The Morgan fingerprint density at radius 3 is 2.34 bits per heavy atom. The number of carboxylic acids is 1. The molecule has 0 fully saturated rings. The Balaban J connectivity index is 2.02. The molecular weight excluding hydrogens is 453 g/mol. The minimum atomic E-state index is -1.62. The molecule has 1 atom stereocenters. The molecule has 170 valence electrons. The van der Waals surface area contributed by atoms with Crippen molar-refractivity contribution in [1.82, 2.24) is 0 Å². The van der Waals surface area contributed by atoms with Crippen LogP contribution in [0.5, 0.6) is 11.5 Å². The molecule has 0 saturated heterocycles. The number of carbonyl (C=O) groups is 3. The first-order chi connectivity index (χ1) is 15.0. The number of ether oxygens (including phenoxy) is 1. The highest BCUT2D eigenvalue weighted by atomic mass is 35.5. The van der Waals surface area contributed by atoms with Crippen molar-refractivity contribution >= 4 is 46.5 Å². The molecule has 0 saturated carbocycles. The fourth-order valence-corrected chi connectivity index (χ4v) is 5.07. The summed E-state index contributed by atoms with van der Waals surface area (Å²) in [4.78, 5) is 35.3. The predicted octanol–water partition coefficient (Wildman–Crippen LogP) is 5.94. The van der Waals surface area contributed by atoms with Crippen molar-refractivity contribution in [2.45, 2.75) is 52.4 Å². The molecule has 8 heteroatoms. The fraction of sp³-hybridized carbons (Fsp3) is 0.375. The maximum atomic E-state index is 13.1. The van der Waals surface area contributed by atoms with Crippen LogP contribution < -0.4 is 10.1 Å². The number of benzene rings is 2. The number of anilines is 1. The zero-order valence-corrected chi connectivity index (χ0v) is 19.9. The lowest BCUT2D eigenvalue weighted by molar-refractivity contribution is -0.147. The lowest BCUT2D eigenvalue weighted by Crippen LogP contribution is -2.39. The van der Waals surface area contributed by atoms with E-state index in [0.29, 0.717) is 5.75 Å². The van der Waals surface area contributed by atoms with E-state index in [0.717, 1.165) is 36.0 Å². The summed E-state index contributed by atoms with van der Waals surface area (Å²) in [5, 5.41) is 11.2. The Morgan fingerprint density at radius 2 is 1.78 bits per heavy atom.